The Kier molecular flexibility index (Phi) is 6.31. The van der Waals surface area contributed by atoms with Gasteiger partial charge in [0.05, 0.1) is 18.3 Å². The first-order valence-corrected chi connectivity index (χ1v) is 7.63. The van der Waals surface area contributed by atoms with Crippen LogP contribution in [-0.2, 0) is 6.54 Å². The molecular formula is C16H20ClN5O. The van der Waals surface area contributed by atoms with E-state index >= 15 is 0 Å². The number of nitrogens with one attached hydrogen (secondary N) is 2. The van der Waals surface area contributed by atoms with Crippen LogP contribution in [0.15, 0.2) is 42.6 Å². The van der Waals surface area contributed by atoms with Crippen molar-refractivity contribution < 1.29 is 4.79 Å². The molecule has 23 heavy (non-hydrogen) atoms. The highest BCUT2D eigenvalue weighted by molar-refractivity contribution is 6.30. The second kappa shape index (κ2) is 8.45. The van der Waals surface area contributed by atoms with Gasteiger partial charge in [-0.1, -0.05) is 23.7 Å². The highest BCUT2D eigenvalue weighted by Gasteiger charge is 2.15. The summed E-state index contributed by atoms with van der Waals surface area (Å²) in [5.74, 6) is 0. The van der Waals surface area contributed by atoms with Gasteiger partial charge in [-0.2, -0.15) is 10.2 Å². The molecule has 1 unspecified atom stereocenters. The lowest BCUT2D eigenvalue weighted by Crippen LogP contribution is -2.41. The van der Waals surface area contributed by atoms with Gasteiger partial charge in [0.25, 0.3) is 0 Å². The SMILES string of the molecule is CN(C)CC(NC(=O)NCc1cccnn1)c1ccc(Cl)cc1. The summed E-state index contributed by atoms with van der Waals surface area (Å²) in [6.45, 7) is 1.01. The van der Waals surface area contributed by atoms with Crippen molar-refractivity contribution in [2.45, 2.75) is 12.6 Å². The van der Waals surface area contributed by atoms with Crippen LogP contribution in [0.25, 0.3) is 0 Å². The molecule has 0 bridgehead atoms. The topological polar surface area (TPSA) is 70.2 Å². The van der Waals surface area contributed by atoms with E-state index in [-0.39, 0.29) is 12.1 Å². The van der Waals surface area contributed by atoms with E-state index in [0.717, 1.165) is 5.56 Å². The zero-order valence-corrected chi connectivity index (χ0v) is 13.9. The number of benzene rings is 1. The summed E-state index contributed by atoms with van der Waals surface area (Å²) in [6.07, 6.45) is 1.59. The Morgan fingerprint density at radius 2 is 2.00 bits per heavy atom. The fourth-order valence-electron chi connectivity index (χ4n) is 2.10. The van der Waals surface area contributed by atoms with Crippen LogP contribution >= 0.6 is 11.6 Å². The summed E-state index contributed by atoms with van der Waals surface area (Å²) in [5, 5.41) is 14.1. The van der Waals surface area contributed by atoms with Crippen LogP contribution in [0.4, 0.5) is 4.79 Å². The highest BCUT2D eigenvalue weighted by Crippen LogP contribution is 2.17. The molecule has 6 nitrogen and oxygen atoms in total. The van der Waals surface area contributed by atoms with Crippen molar-refractivity contribution in [3.8, 4) is 0 Å². The molecule has 0 fully saturated rings. The van der Waals surface area contributed by atoms with E-state index in [0.29, 0.717) is 23.8 Å². The van der Waals surface area contributed by atoms with Crippen molar-refractivity contribution in [1.82, 2.24) is 25.7 Å². The number of nitrogens with zero attached hydrogens (tertiary/aromatic N) is 3. The van der Waals surface area contributed by atoms with Crippen molar-refractivity contribution in [3.05, 3.63) is 58.9 Å². The third-order valence-corrected chi connectivity index (χ3v) is 3.43. The Morgan fingerprint density at radius 1 is 1.26 bits per heavy atom. The predicted molar refractivity (Wildman–Crippen MR) is 90.2 cm³/mol. The smallest absolute Gasteiger partial charge is 0.315 e. The third-order valence-electron chi connectivity index (χ3n) is 3.18. The minimum atomic E-state index is -0.252. The van der Waals surface area contributed by atoms with Crippen LogP contribution in [0.5, 0.6) is 0 Å². The second-order valence-electron chi connectivity index (χ2n) is 5.41. The Labute approximate surface area is 140 Å². The molecule has 0 saturated carbocycles. The maximum absolute atomic E-state index is 12.1. The van der Waals surface area contributed by atoms with Gasteiger partial charge in [-0.3, -0.25) is 0 Å². The van der Waals surface area contributed by atoms with E-state index in [1.54, 1.807) is 12.3 Å². The molecular weight excluding hydrogens is 314 g/mol. The molecule has 0 aliphatic carbocycles. The van der Waals surface area contributed by atoms with Gasteiger partial charge >= 0.3 is 6.03 Å². The van der Waals surface area contributed by atoms with Gasteiger partial charge in [0, 0.05) is 17.8 Å². The molecule has 1 atom stereocenters. The number of aromatic nitrogens is 2. The largest absolute Gasteiger partial charge is 0.332 e. The van der Waals surface area contributed by atoms with Gasteiger partial charge in [0.2, 0.25) is 0 Å². The maximum atomic E-state index is 12.1. The standard InChI is InChI=1S/C16H20ClN5O/c1-22(2)11-15(12-5-7-13(17)8-6-12)20-16(23)18-10-14-4-3-9-19-21-14/h3-9,15H,10-11H2,1-2H3,(H2,18,20,23). The van der Waals surface area contributed by atoms with E-state index < -0.39 is 0 Å². The van der Waals surface area contributed by atoms with Crippen LogP contribution in [0.2, 0.25) is 5.02 Å². The molecule has 0 spiro atoms. The van der Waals surface area contributed by atoms with Crippen LogP contribution in [0.3, 0.4) is 0 Å². The summed E-state index contributed by atoms with van der Waals surface area (Å²) in [4.78, 5) is 14.1. The number of hydrogen-bond acceptors (Lipinski definition) is 4. The van der Waals surface area contributed by atoms with Gasteiger partial charge < -0.3 is 15.5 Å². The molecule has 7 heteroatoms. The maximum Gasteiger partial charge on any atom is 0.315 e. The first-order chi connectivity index (χ1) is 11.0. The second-order valence-corrected chi connectivity index (χ2v) is 5.84. The van der Waals surface area contributed by atoms with Gasteiger partial charge in [0.15, 0.2) is 0 Å². The molecule has 2 amide bonds. The average Bonchev–Trinajstić information content (AvgIpc) is 2.53. The van der Waals surface area contributed by atoms with Crippen LogP contribution in [0.1, 0.15) is 17.3 Å². The van der Waals surface area contributed by atoms with E-state index in [4.69, 9.17) is 11.6 Å². The van der Waals surface area contributed by atoms with Crippen LogP contribution < -0.4 is 10.6 Å². The molecule has 1 aromatic heterocycles. The van der Waals surface area contributed by atoms with Crippen molar-refractivity contribution in [1.29, 1.82) is 0 Å². The van der Waals surface area contributed by atoms with Crippen LogP contribution in [-0.4, -0.2) is 41.8 Å². The number of carbonyl (C=O) groups excluding carboxylic acids is 1. The van der Waals surface area contributed by atoms with Gasteiger partial charge in [0.1, 0.15) is 0 Å². The van der Waals surface area contributed by atoms with Crippen LogP contribution in [0, 0.1) is 0 Å². The minimum Gasteiger partial charge on any atom is -0.332 e. The lowest BCUT2D eigenvalue weighted by atomic mass is 10.1. The number of carbonyl (C=O) groups is 1. The fraction of sp³-hybridized carbons (Fsp3) is 0.312. The number of hydrogen-bond donors (Lipinski definition) is 2. The molecule has 1 aromatic carbocycles. The zero-order valence-electron chi connectivity index (χ0n) is 13.2. The molecule has 0 saturated heterocycles. The lowest BCUT2D eigenvalue weighted by molar-refractivity contribution is 0.232. The number of rotatable bonds is 6. The molecule has 122 valence electrons. The third kappa shape index (κ3) is 5.84. The van der Waals surface area contributed by atoms with Gasteiger partial charge in [-0.25, -0.2) is 4.79 Å². The normalized spacial score (nSPS) is 12.0. The lowest BCUT2D eigenvalue weighted by Gasteiger charge is -2.23. The molecule has 1 heterocycles. The fourth-order valence-corrected chi connectivity index (χ4v) is 2.23. The molecule has 2 aromatic rings. The Hall–Kier alpha value is -2.18. The predicted octanol–water partition coefficient (Wildman–Crippen LogP) is 2.23. The number of likely N-dealkylation sites (N-methyl/N-ethyl adjacent to an activating group) is 1. The van der Waals surface area contributed by atoms with Crippen molar-refractivity contribution in [2.75, 3.05) is 20.6 Å². The number of amides is 2. The highest BCUT2D eigenvalue weighted by atomic mass is 35.5. The molecule has 0 aliphatic rings. The summed E-state index contributed by atoms with van der Waals surface area (Å²) in [5.41, 5.74) is 1.70. The number of urea groups is 1. The van der Waals surface area contributed by atoms with E-state index in [1.165, 1.54) is 0 Å². The summed E-state index contributed by atoms with van der Waals surface area (Å²) in [7, 11) is 3.92. The molecule has 2 rings (SSSR count). The van der Waals surface area contributed by atoms with Gasteiger partial charge in [-0.15, -0.1) is 0 Å². The van der Waals surface area contributed by atoms with Gasteiger partial charge in [-0.05, 0) is 43.9 Å². The Morgan fingerprint density at radius 3 is 2.61 bits per heavy atom. The first kappa shape index (κ1) is 17.2. The molecule has 2 N–H and O–H groups in total. The van der Waals surface area contributed by atoms with E-state index in [1.807, 2.05) is 49.3 Å². The Balaban J connectivity index is 1.96. The summed E-state index contributed by atoms with van der Waals surface area (Å²) < 4.78 is 0. The van der Waals surface area contributed by atoms with Crippen molar-refractivity contribution in [3.63, 3.8) is 0 Å². The van der Waals surface area contributed by atoms with Crippen molar-refractivity contribution in [2.24, 2.45) is 0 Å². The van der Waals surface area contributed by atoms with E-state index in [9.17, 15) is 4.79 Å². The zero-order chi connectivity index (χ0) is 16.7. The Bertz CT molecular complexity index is 618. The quantitative estimate of drug-likeness (QED) is 0.850. The molecule has 0 radical (unpaired) electrons. The molecule has 0 aliphatic heterocycles. The average molecular weight is 334 g/mol. The van der Waals surface area contributed by atoms with Crippen molar-refractivity contribution >= 4 is 17.6 Å². The minimum absolute atomic E-state index is 0.135. The monoisotopic (exact) mass is 333 g/mol. The van der Waals surface area contributed by atoms with E-state index in [2.05, 4.69) is 20.8 Å². The summed E-state index contributed by atoms with van der Waals surface area (Å²) >= 11 is 5.92. The number of halogens is 1. The first-order valence-electron chi connectivity index (χ1n) is 7.25. The summed E-state index contributed by atoms with van der Waals surface area (Å²) in [6, 6.07) is 10.7.